The summed E-state index contributed by atoms with van der Waals surface area (Å²) in [6.07, 6.45) is 1.29. The van der Waals surface area contributed by atoms with E-state index in [2.05, 4.69) is 47.7 Å². The van der Waals surface area contributed by atoms with Crippen molar-refractivity contribution in [2.24, 2.45) is 13.0 Å². The molecule has 1 aromatic carbocycles. The maximum atomic E-state index is 10.8. The molecule has 1 saturated heterocycles. The van der Waals surface area contributed by atoms with Gasteiger partial charge in [-0.3, -0.25) is 9.69 Å². The lowest BCUT2D eigenvalue weighted by atomic mass is 10.1. The van der Waals surface area contributed by atoms with Crippen LogP contribution in [0.15, 0.2) is 24.3 Å². The van der Waals surface area contributed by atoms with Crippen LogP contribution in [-0.2, 0) is 18.4 Å². The molecular formula is C17H22N2O2. The Balaban J connectivity index is 1.78. The number of para-hydroxylation sites is 1. The van der Waals surface area contributed by atoms with E-state index in [1.807, 2.05) is 0 Å². The number of rotatable bonds is 4. The standard InChI is InChI=1S/C17H22N2O2/c1-12-14-5-3-4-6-15(14)18(2)16(12)11-19-8-7-13(10-19)9-17(20)21/h3-6,13H,7-11H2,1-2H3,(H,20,21). The van der Waals surface area contributed by atoms with Gasteiger partial charge in [-0.05, 0) is 37.4 Å². The fraction of sp³-hybridized carbons (Fsp3) is 0.471. The van der Waals surface area contributed by atoms with E-state index >= 15 is 0 Å². The van der Waals surface area contributed by atoms with Crippen LogP contribution in [0.25, 0.3) is 10.9 Å². The van der Waals surface area contributed by atoms with E-state index in [0.29, 0.717) is 12.3 Å². The summed E-state index contributed by atoms with van der Waals surface area (Å²) < 4.78 is 2.27. The Bertz CT molecular complexity index is 636. The van der Waals surface area contributed by atoms with Crippen molar-refractivity contribution in [2.75, 3.05) is 13.1 Å². The van der Waals surface area contributed by atoms with E-state index in [1.165, 1.54) is 22.2 Å². The summed E-state index contributed by atoms with van der Waals surface area (Å²) in [4.78, 5) is 13.2. The molecule has 112 valence electrons. The third-order valence-electron chi connectivity index (χ3n) is 4.71. The van der Waals surface area contributed by atoms with Crippen LogP contribution in [0.2, 0.25) is 0 Å². The van der Waals surface area contributed by atoms with Crippen LogP contribution in [0.3, 0.4) is 0 Å². The molecular weight excluding hydrogens is 264 g/mol. The molecule has 0 amide bonds. The van der Waals surface area contributed by atoms with E-state index in [4.69, 9.17) is 5.11 Å². The van der Waals surface area contributed by atoms with Crippen molar-refractivity contribution < 1.29 is 9.90 Å². The van der Waals surface area contributed by atoms with Crippen molar-refractivity contribution in [2.45, 2.75) is 26.3 Å². The number of carbonyl (C=O) groups is 1. The minimum absolute atomic E-state index is 0.296. The number of nitrogens with zero attached hydrogens (tertiary/aromatic N) is 2. The quantitative estimate of drug-likeness (QED) is 0.940. The molecule has 0 aliphatic carbocycles. The first kappa shape index (κ1) is 14.1. The molecule has 2 aromatic rings. The highest BCUT2D eigenvalue weighted by atomic mass is 16.4. The molecule has 3 rings (SSSR count). The highest BCUT2D eigenvalue weighted by Crippen LogP contribution is 2.27. The zero-order valence-electron chi connectivity index (χ0n) is 12.7. The van der Waals surface area contributed by atoms with Gasteiger partial charge in [-0.25, -0.2) is 0 Å². The number of benzene rings is 1. The first-order valence-corrected chi connectivity index (χ1v) is 7.53. The monoisotopic (exact) mass is 286 g/mol. The normalized spacial score (nSPS) is 19.4. The number of carboxylic acid groups (broad SMARTS) is 1. The van der Waals surface area contributed by atoms with Crippen LogP contribution < -0.4 is 0 Å². The second kappa shape index (κ2) is 5.53. The van der Waals surface area contributed by atoms with Crippen molar-refractivity contribution in [1.29, 1.82) is 0 Å². The Labute approximate surface area is 125 Å². The number of fused-ring (bicyclic) bond motifs is 1. The lowest BCUT2D eigenvalue weighted by Crippen LogP contribution is -2.22. The summed E-state index contributed by atoms with van der Waals surface area (Å²) in [7, 11) is 2.12. The average molecular weight is 286 g/mol. The van der Waals surface area contributed by atoms with E-state index < -0.39 is 5.97 Å². The Hall–Kier alpha value is -1.81. The van der Waals surface area contributed by atoms with Gasteiger partial charge in [0.15, 0.2) is 0 Å². The molecule has 0 spiro atoms. The van der Waals surface area contributed by atoms with Gasteiger partial charge in [0, 0.05) is 43.2 Å². The summed E-state index contributed by atoms with van der Waals surface area (Å²) >= 11 is 0. The smallest absolute Gasteiger partial charge is 0.303 e. The lowest BCUT2D eigenvalue weighted by molar-refractivity contribution is -0.138. The Morgan fingerprint density at radius 2 is 2.14 bits per heavy atom. The Morgan fingerprint density at radius 1 is 1.38 bits per heavy atom. The second-order valence-corrected chi connectivity index (χ2v) is 6.14. The summed E-state index contributed by atoms with van der Waals surface area (Å²) in [6, 6.07) is 8.48. The molecule has 2 heterocycles. The SMILES string of the molecule is Cc1c(CN2CCC(CC(=O)O)C2)n(C)c2ccccc12. The number of likely N-dealkylation sites (tertiary alicyclic amines) is 1. The van der Waals surface area contributed by atoms with Gasteiger partial charge in [0.05, 0.1) is 0 Å². The van der Waals surface area contributed by atoms with E-state index in [1.54, 1.807) is 0 Å². The molecule has 0 bridgehead atoms. The van der Waals surface area contributed by atoms with E-state index in [0.717, 1.165) is 26.1 Å². The molecule has 4 nitrogen and oxygen atoms in total. The van der Waals surface area contributed by atoms with Gasteiger partial charge in [0.25, 0.3) is 0 Å². The first-order chi connectivity index (χ1) is 10.1. The third kappa shape index (κ3) is 2.68. The van der Waals surface area contributed by atoms with Gasteiger partial charge in [-0.2, -0.15) is 0 Å². The molecule has 1 unspecified atom stereocenters. The van der Waals surface area contributed by atoms with Crippen molar-refractivity contribution >= 4 is 16.9 Å². The van der Waals surface area contributed by atoms with Gasteiger partial charge in [0.1, 0.15) is 0 Å². The fourth-order valence-corrected chi connectivity index (χ4v) is 3.54. The second-order valence-electron chi connectivity index (χ2n) is 6.14. The summed E-state index contributed by atoms with van der Waals surface area (Å²) in [5.74, 6) is -0.375. The number of aliphatic carboxylic acids is 1. The summed E-state index contributed by atoms with van der Waals surface area (Å²) in [5.41, 5.74) is 3.95. The maximum absolute atomic E-state index is 10.8. The molecule has 0 saturated carbocycles. The van der Waals surface area contributed by atoms with Crippen molar-refractivity contribution in [3.63, 3.8) is 0 Å². The molecule has 1 aromatic heterocycles. The minimum atomic E-state index is -0.678. The van der Waals surface area contributed by atoms with E-state index in [-0.39, 0.29) is 0 Å². The molecule has 21 heavy (non-hydrogen) atoms. The molecule has 1 aliphatic rings. The zero-order chi connectivity index (χ0) is 15.0. The van der Waals surface area contributed by atoms with E-state index in [9.17, 15) is 4.79 Å². The average Bonchev–Trinajstić information content (AvgIpc) is 2.98. The fourth-order valence-electron chi connectivity index (χ4n) is 3.54. The van der Waals surface area contributed by atoms with Gasteiger partial charge in [0.2, 0.25) is 0 Å². The van der Waals surface area contributed by atoms with Crippen LogP contribution in [-0.4, -0.2) is 33.6 Å². The topological polar surface area (TPSA) is 45.5 Å². The molecule has 1 N–H and O–H groups in total. The van der Waals surface area contributed by atoms with Crippen LogP contribution >= 0.6 is 0 Å². The first-order valence-electron chi connectivity index (χ1n) is 7.53. The molecule has 1 fully saturated rings. The predicted molar refractivity (Wildman–Crippen MR) is 83.3 cm³/mol. The summed E-state index contributed by atoms with van der Waals surface area (Å²) in [6.45, 7) is 4.99. The molecule has 4 heteroatoms. The zero-order valence-corrected chi connectivity index (χ0v) is 12.7. The van der Waals surface area contributed by atoms with Gasteiger partial charge < -0.3 is 9.67 Å². The van der Waals surface area contributed by atoms with Crippen molar-refractivity contribution in [3.05, 3.63) is 35.5 Å². The van der Waals surface area contributed by atoms with Gasteiger partial charge >= 0.3 is 5.97 Å². The number of aromatic nitrogens is 1. The summed E-state index contributed by atoms with van der Waals surface area (Å²) in [5, 5.41) is 10.2. The largest absolute Gasteiger partial charge is 0.481 e. The van der Waals surface area contributed by atoms with Crippen molar-refractivity contribution in [1.82, 2.24) is 9.47 Å². The maximum Gasteiger partial charge on any atom is 0.303 e. The van der Waals surface area contributed by atoms with Crippen molar-refractivity contribution in [3.8, 4) is 0 Å². The number of aryl methyl sites for hydroxylation is 2. The number of carboxylic acids is 1. The highest BCUT2D eigenvalue weighted by Gasteiger charge is 2.25. The minimum Gasteiger partial charge on any atom is -0.481 e. The predicted octanol–water partition coefficient (Wildman–Crippen LogP) is 2.78. The molecule has 1 aliphatic heterocycles. The number of hydrogen-bond acceptors (Lipinski definition) is 2. The molecule has 0 radical (unpaired) electrons. The van der Waals surface area contributed by atoms with Crippen LogP contribution in [0, 0.1) is 12.8 Å². The van der Waals surface area contributed by atoms with Crippen LogP contribution in [0.1, 0.15) is 24.1 Å². The molecule has 1 atom stereocenters. The van der Waals surface area contributed by atoms with Gasteiger partial charge in [-0.15, -0.1) is 0 Å². The lowest BCUT2D eigenvalue weighted by Gasteiger charge is -2.17. The third-order valence-corrected chi connectivity index (χ3v) is 4.71. The van der Waals surface area contributed by atoms with Gasteiger partial charge in [-0.1, -0.05) is 18.2 Å². The van der Waals surface area contributed by atoms with Crippen LogP contribution in [0.4, 0.5) is 0 Å². The van der Waals surface area contributed by atoms with Crippen LogP contribution in [0.5, 0.6) is 0 Å². The number of hydrogen-bond donors (Lipinski definition) is 1. The highest BCUT2D eigenvalue weighted by molar-refractivity contribution is 5.85. The Morgan fingerprint density at radius 3 is 2.86 bits per heavy atom. The Kier molecular flexibility index (Phi) is 3.72.